The van der Waals surface area contributed by atoms with Crippen LogP contribution in [-0.4, -0.2) is 13.1 Å². The summed E-state index contributed by atoms with van der Waals surface area (Å²) in [4.78, 5) is 2.40. The summed E-state index contributed by atoms with van der Waals surface area (Å²) in [6.07, 6.45) is 4.11. The van der Waals surface area contributed by atoms with Crippen molar-refractivity contribution in [3.8, 4) is 0 Å². The fraction of sp³-hybridized carbons (Fsp3) is 0.500. The normalized spacial score (nSPS) is 16.4. The van der Waals surface area contributed by atoms with Gasteiger partial charge in [-0.25, -0.2) is 0 Å². The smallest absolute Gasteiger partial charge is 0.0366 e. The van der Waals surface area contributed by atoms with Crippen LogP contribution in [0.3, 0.4) is 0 Å². The van der Waals surface area contributed by atoms with Gasteiger partial charge in [-0.3, -0.25) is 0 Å². The van der Waals surface area contributed by atoms with Gasteiger partial charge in [-0.1, -0.05) is 28.1 Å². The maximum absolute atomic E-state index is 3.46. The molecule has 0 aliphatic heterocycles. The third kappa shape index (κ3) is 1.95. The van der Waals surface area contributed by atoms with Crippen LogP contribution in [0.25, 0.3) is 0 Å². The Labute approximate surface area is 94.2 Å². The third-order valence-corrected chi connectivity index (χ3v) is 3.77. The van der Waals surface area contributed by atoms with Gasteiger partial charge in [0.1, 0.15) is 0 Å². The van der Waals surface area contributed by atoms with Crippen LogP contribution in [0.5, 0.6) is 0 Å². The van der Waals surface area contributed by atoms with Gasteiger partial charge in [-0.15, -0.1) is 0 Å². The Balaban J connectivity index is 2.07. The lowest BCUT2D eigenvalue weighted by molar-refractivity contribution is 0.401. The van der Waals surface area contributed by atoms with Crippen molar-refractivity contribution < 1.29 is 0 Å². The van der Waals surface area contributed by atoms with Crippen LogP contribution in [0.15, 0.2) is 24.3 Å². The van der Waals surface area contributed by atoms with E-state index in [9.17, 15) is 0 Å². The Kier molecular flexibility index (Phi) is 3.12. The molecule has 0 spiro atoms. The molecule has 0 saturated heterocycles. The summed E-state index contributed by atoms with van der Waals surface area (Å²) < 4.78 is 0. The highest BCUT2D eigenvalue weighted by Gasteiger charge is 2.21. The van der Waals surface area contributed by atoms with E-state index in [0.717, 1.165) is 11.4 Å². The number of alkyl halides is 1. The predicted molar refractivity (Wildman–Crippen MR) is 65.1 cm³/mol. The highest BCUT2D eigenvalue weighted by Crippen LogP contribution is 2.28. The van der Waals surface area contributed by atoms with E-state index in [1.54, 1.807) is 0 Å². The van der Waals surface area contributed by atoms with Crippen LogP contribution >= 0.6 is 15.9 Å². The van der Waals surface area contributed by atoms with Gasteiger partial charge in [0.15, 0.2) is 0 Å². The SMILES string of the molecule is CN(c1ccc(CBr)cc1)C1CCC1. The molecule has 0 unspecified atom stereocenters. The van der Waals surface area contributed by atoms with E-state index in [2.05, 4.69) is 52.1 Å². The third-order valence-electron chi connectivity index (χ3n) is 3.12. The lowest BCUT2D eigenvalue weighted by atomic mass is 9.91. The minimum absolute atomic E-state index is 0.782. The molecule has 1 aromatic rings. The molecule has 0 radical (unpaired) electrons. The quantitative estimate of drug-likeness (QED) is 0.745. The zero-order valence-electron chi connectivity index (χ0n) is 8.54. The number of anilines is 1. The lowest BCUT2D eigenvalue weighted by Crippen LogP contribution is -2.36. The molecule has 76 valence electrons. The Morgan fingerprint density at radius 3 is 2.36 bits per heavy atom. The van der Waals surface area contributed by atoms with Gasteiger partial charge in [0.25, 0.3) is 0 Å². The summed E-state index contributed by atoms with van der Waals surface area (Å²) in [5, 5.41) is 0.945. The van der Waals surface area contributed by atoms with Crippen molar-refractivity contribution >= 4 is 21.6 Å². The molecule has 0 bridgehead atoms. The highest BCUT2D eigenvalue weighted by atomic mass is 79.9. The maximum atomic E-state index is 3.46. The first-order valence-corrected chi connectivity index (χ1v) is 6.31. The number of nitrogens with zero attached hydrogens (tertiary/aromatic N) is 1. The second-order valence-electron chi connectivity index (χ2n) is 4.00. The van der Waals surface area contributed by atoms with Crippen LogP contribution in [0.1, 0.15) is 24.8 Å². The predicted octanol–water partition coefficient (Wildman–Crippen LogP) is 3.57. The van der Waals surface area contributed by atoms with Crippen LogP contribution in [0.2, 0.25) is 0 Å². The number of rotatable bonds is 3. The van der Waals surface area contributed by atoms with Crippen LogP contribution < -0.4 is 4.90 Å². The molecular weight excluding hydrogens is 238 g/mol. The summed E-state index contributed by atoms with van der Waals surface area (Å²) in [7, 11) is 2.20. The average molecular weight is 254 g/mol. The van der Waals surface area contributed by atoms with E-state index in [0.29, 0.717) is 0 Å². The molecule has 1 aliphatic rings. The Bertz CT molecular complexity index is 290. The molecule has 1 fully saturated rings. The van der Waals surface area contributed by atoms with Gasteiger partial charge in [0, 0.05) is 24.1 Å². The first-order valence-electron chi connectivity index (χ1n) is 5.19. The summed E-state index contributed by atoms with van der Waals surface area (Å²) in [6, 6.07) is 9.60. The first kappa shape index (κ1) is 10.0. The second-order valence-corrected chi connectivity index (χ2v) is 4.56. The molecule has 0 aromatic heterocycles. The number of halogens is 1. The second kappa shape index (κ2) is 4.35. The average Bonchev–Trinajstić information content (AvgIpc) is 2.15. The Morgan fingerprint density at radius 1 is 1.29 bits per heavy atom. The fourth-order valence-electron chi connectivity index (χ4n) is 1.80. The monoisotopic (exact) mass is 253 g/mol. The first-order chi connectivity index (χ1) is 6.81. The summed E-state index contributed by atoms with van der Waals surface area (Å²) in [5.41, 5.74) is 2.69. The number of hydrogen-bond donors (Lipinski definition) is 0. The molecule has 1 nitrogen and oxygen atoms in total. The van der Waals surface area contributed by atoms with E-state index in [-0.39, 0.29) is 0 Å². The summed E-state index contributed by atoms with van der Waals surface area (Å²) >= 11 is 3.46. The summed E-state index contributed by atoms with van der Waals surface area (Å²) in [5.74, 6) is 0. The van der Waals surface area contributed by atoms with E-state index in [4.69, 9.17) is 0 Å². The van der Waals surface area contributed by atoms with Crippen molar-refractivity contribution in [3.63, 3.8) is 0 Å². The molecule has 0 heterocycles. The Hall–Kier alpha value is -0.500. The van der Waals surface area contributed by atoms with Gasteiger partial charge < -0.3 is 4.90 Å². The molecule has 1 aromatic carbocycles. The van der Waals surface area contributed by atoms with E-state index in [1.807, 2.05) is 0 Å². The fourth-order valence-corrected chi connectivity index (χ4v) is 2.18. The molecule has 2 heteroatoms. The summed E-state index contributed by atoms with van der Waals surface area (Å²) in [6.45, 7) is 0. The minimum Gasteiger partial charge on any atom is -0.372 e. The topological polar surface area (TPSA) is 3.24 Å². The van der Waals surface area contributed by atoms with E-state index >= 15 is 0 Å². The van der Waals surface area contributed by atoms with Crippen molar-refractivity contribution in [3.05, 3.63) is 29.8 Å². The minimum atomic E-state index is 0.782. The molecule has 2 rings (SSSR count). The van der Waals surface area contributed by atoms with Gasteiger partial charge in [-0.05, 0) is 37.0 Å². The zero-order valence-corrected chi connectivity index (χ0v) is 10.1. The highest BCUT2D eigenvalue weighted by molar-refractivity contribution is 9.08. The molecule has 0 atom stereocenters. The number of benzene rings is 1. The van der Waals surface area contributed by atoms with Gasteiger partial charge in [0.2, 0.25) is 0 Å². The van der Waals surface area contributed by atoms with Crippen LogP contribution in [0.4, 0.5) is 5.69 Å². The zero-order chi connectivity index (χ0) is 9.97. The van der Waals surface area contributed by atoms with E-state index in [1.165, 1.54) is 30.5 Å². The molecule has 14 heavy (non-hydrogen) atoms. The molecule has 1 saturated carbocycles. The van der Waals surface area contributed by atoms with Crippen LogP contribution in [0, 0.1) is 0 Å². The van der Waals surface area contributed by atoms with Crippen molar-refractivity contribution in [2.24, 2.45) is 0 Å². The van der Waals surface area contributed by atoms with Gasteiger partial charge in [-0.2, -0.15) is 0 Å². The molecule has 0 amide bonds. The van der Waals surface area contributed by atoms with Crippen molar-refractivity contribution in [1.82, 2.24) is 0 Å². The standard InChI is InChI=1S/C12H16BrN/c1-14(11-3-2-4-11)12-7-5-10(9-13)6-8-12/h5-8,11H,2-4,9H2,1H3. The largest absolute Gasteiger partial charge is 0.372 e. The maximum Gasteiger partial charge on any atom is 0.0366 e. The lowest BCUT2D eigenvalue weighted by Gasteiger charge is -2.36. The Morgan fingerprint density at radius 2 is 1.93 bits per heavy atom. The van der Waals surface area contributed by atoms with Crippen LogP contribution in [-0.2, 0) is 5.33 Å². The molecule has 1 aliphatic carbocycles. The molecule has 0 N–H and O–H groups in total. The van der Waals surface area contributed by atoms with Crippen molar-refractivity contribution in [2.45, 2.75) is 30.6 Å². The van der Waals surface area contributed by atoms with Crippen molar-refractivity contribution in [2.75, 3.05) is 11.9 Å². The number of hydrogen-bond acceptors (Lipinski definition) is 1. The van der Waals surface area contributed by atoms with Gasteiger partial charge >= 0.3 is 0 Å². The van der Waals surface area contributed by atoms with Crippen molar-refractivity contribution in [1.29, 1.82) is 0 Å². The van der Waals surface area contributed by atoms with Gasteiger partial charge in [0.05, 0.1) is 0 Å². The molecular formula is C12H16BrN. The van der Waals surface area contributed by atoms with E-state index < -0.39 is 0 Å².